The van der Waals surface area contributed by atoms with Crippen molar-refractivity contribution in [2.75, 3.05) is 25.0 Å². The van der Waals surface area contributed by atoms with Crippen LogP contribution in [0.4, 0.5) is 10.1 Å². The zero-order chi connectivity index (χ0) is 26.9. The molecule has 6 heteroatoms. The maximum atomic E-state index is 13.2. The van der Waals surface area contributed by atoms with Crippen LogP contribution in [-0.4, -0.2) is 36.3 Å². The Labute approximate surface area is 225 Å². The molecule has 3 aromatic rings. The number of nitrogens with zero attached hydrogens (tertiary/aromatic N) is 1. The maximum absolute atomic E-state index is 13.2. The molecule has 38 heavy (non-hydrogen) atoms. The first-order valence-corrected chi connectivity index (χ1v) is 13.6. The zero-order valence-electron chi connectivity index (χ0n) is 22.3. The van der Waals surface area contributed by atoms with Crippen molar-refractivity contribution in [1.29, 1.82) is 0 Å². The van der Waals surface area contributed by atoms with Crippen molar-refractivity contribution in [2.45, 2.75) is 51.5 Å². The molecular weight excluding hydrogens is 477 g/mol. The minimum atomic E-state index is -0.300. The Morgan fingerprint density at radius 2 is 1.66 bits per heavy atom. The quantitative estimate of drug-likeness (QED) is 0.344. The molecule has 2 amide bonds. The Bertz CT molecular complexity index is 1190. The Morgan fingerprint density at radius 3 is 2.34 bits per heavy atom. The van der Waals surface area contributed by atoms with Gasteiger partial charge in [0.05, 0.1) is 12.5 Å². The summed E-state index contributed by atoms with van der Waals surface area (Å²) in [6.45, 7) is 6.69. The van der Waals surface area contributed by atoms with Gasteiger partial charge in [-0.05, 0) is 79.2 Å². The molecule has 1 heterocycles. The summed E-state index contributed by atoms with van der Waals surface area (Å²) in [5.41, 5.74) is 4.04. The molecule has 200 valence electrons. The highest BCUT2D eigenvalue weighted by Gasteiger charge is 2.23. The Morgan fingerprint density at radius 1 is 0.947 bits per heavy atom. The highest BCUT2D eigenvalue weighted by atomic mass is 19.1. The zero-order valence-corrected chi connectivity index (χ0v) is 22.3. The van der Waals surface area contributed by atoms with Crippen molar-refractivity contribution in [2.24, 2.45) is 5.92 Å². The summed E-state index contributed by atoms with van der Waals surface area (Å²) in [6, 6.07) is 24.3. The predicted molar refractivity (Wildman–Crippen MR) is 150 cm³/mol. The molecule has 1 aliphatic heterocycles. The van der Waals surface area contributed by atoms with E-state index in [1.807, 2.05) is 44.2 Å². The fraction of sp³-hybridized carbons (Fsp3) is 0.375. The van der Waals surface area contributed by atoms with Gasteiger partial charge in [-0.15, -0.1) is 0 Å². The van der Waals surface area contributed by atoms with E-state index in [1.54, 1.807) is 12.1 Å². The first-order valence-electron chi connectivity index (χ1n) is 13.6. The third-order valence-electron chi connectivity index (χ3n) is 7.29. The summed E-state index contributed by atoms with van der Waals surface area (Å²) in [7, 11) is 0. The van der Waals surface area contributed by atoms with Gasteiger partial charge in [-0.1, -0.05) is 68.4 Å². The van der Waals surface area contributed by atoms with Crippen molar-refractivity contribution in [3.05, 3.63) is 101 Å². The minimum Gasteiger partial charge on any atom is -0.349 e. The maximum Gasteiger partial charge on any atom is 0.226 e. The molecule has 1 saturated heterocycles. The lowest BCUT2D eigenvalue weighted by Crippen LogP contribution is -2.37. The number of hydrogen-bond donors (Lipinski definition) is 2. The van der Waals surface area contributed by atoms with E-state index in [9.17, 15) is 14.0 Å². The molecule has 1 atom stereocenters. The molecule has 0 aliphatic carbocycles. The van der Waals surface area contributed by atoms with Gasteiger partial charge in [-0.3, -0.25) is 9.59 Å². The molecule has 1 unspecified atom stereocenters. The fourth-order valence-electron chi connectivity index (χ4n) is 5.00. The molecule has 0 radical (unpaired) electrons. The lowest BCUT2D eigenvalue weighted by atomic mass is 9.89. The second kappa shape index (κ2) is 13.3. The number of likely N-dealkylation sites (tertiary alicyclic amines) is 1. The molecule has 2 N–H and O–H groups in total. The number of amides is 2. The smallest absolute Gasteiger partial charge is 0.226 e. The molecule has 0 bridgehead atoms. The SMILES string of the molecule is CC(C)C(=O)Nc1cccc(C2CCN(CCC(NC(=O)Cc3ccc(F)cc3)c3ccccc3)CC2)c1. The summed E-state index contributed by atoms with van der Waals surface area (Å²) in [6.07, 6.45) is 3.18. The standard InChI is InChI=1S/C32H38FN3O2/c1-23(2)32(38)34-29-10-6-9-27(22-29)25-15-18-36(19-16-25)20-17-30(26-7-4-3-5-8-26)35-31(37)21-24-11-13-28(33)14-12-24/h3-14,22-23,25,30H,15-21H2,1-2H3,(H,34,38)(H,35,37). The minimum absolute atomic E-state index is 0.0368. The lowest BCUT2D eigenvalue weighted by molar-refractivity contribution is -0.121. The van der Waals surface area contributed by atoms with Crippen LogP contribution in [-0.2, 0) is 16.0 Å². The molecule has 1 fully saturated rings. The lowest BCUT2D eigenvalue weighted by Gasteiger charge is -2.33. The summed E-state index contributed by atoms with van der Waals surface area (Å²) in [5.74, 6) is 0.103. The second-order valence-corrected chi connectivity index (χ2v) is 10.5. The number of anilines is 1. The molecule has 0 aromatic heterocycles. The van der Waals surface area contributed by atoms with Crippen LogP contribution >= 0.6 is 0 Å². The summed E-state index contributed by atoms with van der Waals surface area (Å²) >= 11 is 0. The molecule has 0 saturated carbocycles. The van der Waals surface area contributed by atoms with Crippen LogP contribution in [0.15, 0.2) is 78.9 Å². The molecule has 4 rings (SSSR count). The Kier molecular flexibility index (Phi) is 9.66. The van der Waals surface area contributed by atoms with Gasteiger partial charge in [0, 0.05) is 18.2 Å². The van der Waals surface area contributed by atoms with Crippen molar-refractivity contribution in [3.63, 3.8) is 0 Å². The van der Waals surface area contributed by atoms with Crippen LogP contribution in [0.3, 0.4) is 0 Å². The number of hydrogen-bond acceptors (Lipinski definition) is 3. The van der Waals surface area contributed by atoms with E-state index in [0.29, 0.717) is 5.92 Å². The number of carbonyl (C=O) groups is 2. The number of piperidine rings is 1. The summed E-state index contributed by atoms with van der Waals surface area (Å²) < 4.78 is 13.2. The van der Waals surface area contributed by atoms with Gasteiger partial charge >= 0.3 is 0 Å². The molecular formula is C32H38FN3O2. The van der Waals surface area contributed by atoms with Crippen LogP contribution in [0.1, 0.15) is 61.8 Å². The predicted octanol–water partition coefficient (Wildman–Crippen LogP) is 6.09. The molecule has 3 aromatic carbocycles. The van der Waals surface area contributed by atoms with Crippen molar-refractivity contribution < 1.29 is 14.0 Å². The van der Waals surface area contributed by atoms with E-state index in [0.717, 1.165) is 55.7 Å². The largest absolute Gasteiger partial charge is 0.349 e. The molecule has 0 spiro atoms. The van der Waals surface area contributed by atoms with Crippen LogP contribution in [0.5, 0.6) is 0 Å². The van der Waals surface area contributed by atoms with Gasteiger partial charge < -0.3 is 15.5 Å². The van der Waals surface area contributed by atoms with Crippen LogP contribution in [0.2, 0.25) is 0 Å². The van der Waals surface area contributed by atoms with E-state index in [1.165, 1.54) is 17.7 Å². The van der Waals surface area contributed by atoms with E-state index in [2.05, 4.69) is 39.8 Å². The van der Waals surface area contributed by atoms with Gasteiger partial charge in [-0.2, -0.15) is 0 Å². The van der Waals surface area contributed by atoms with Gasteiger partial charge in [0.2, 0.25) is 11.8 Å². The summed E-state index contributed by atoms with van der Waals surface area (Å²) in [5, 5.41) is 6.22. The third kappa shape index (κ3) is 7.99. The third-order valence-corrected chi connectivity index (χ3v) is 7.29. The van der Waals surface area contributed by atoms with E-state index < -0.39 is 0 Å². The Hall–Kier alpha value is -3.51. The first-order chi connectivity index (χ1) is 18.4. The van der Waals surface area contributed by atoms with Gasteiger partial charge in [0.25, 0.3) is 0 Å². The highest BCUT2D eigenvalue weighted by Crippen LogP contribution is 2.30. The van der Waals surface area contributed by atoms with Crippen molar-refractivity contribution in [1.82, 2.24) is 10.2 Å². The van der Waals surface area contributed by atoms with Gasteiger partial charge in [0.1, 0.15) is 5.82 Å². The number of halogens is 1. The van der Waals surface area contributed by atoms with Crippen LogP contribution in [0, 0.1) is 11.7 Å². The monoisotopic (exact) mass is 515 g/mol. The Balaban J connectivity index is 1.31. The average molecular weight is 516 g/mol. The normalized spacial score (nSPS) is 15.3. The first kappa shape index (κ1) is 27.5. The number of carbonyl (C=O) groups excluding carboxylic acids is 2. The van der Waals surface area contributed by atoms with Crippen LogP contribution < -0.4 is 10.6 Å². The topological polar surface area (TPSA) is 61.4 Å². The van der Waals surface area contributed by atoms with Crippen molar-refractivity contribution >= 4 is 17.5 Å². The summed E-state index contributed by atoms with van der Waals surface area (Å²) in [4.78, 5) is 27.4. The van der Waals surface area contributed by atoms with E-state index in [4.69, 9.17) is 0 Å². The van der Waals surface area contributed by atoms with Crippen molar-refractivity contribution in [3.8, 4) is 0 Å². The molecule has 1 aliphatic rings. The second-order valence-electron chi connectivity index (χ2n) is 10.5. The van der Waals surface area contributed by atoms with Gasteiger partial charge in [-0.25, -0.2) is 4.39 Å². The van der Waals surface area contributed by atoms with E-state index in [-0.39, 0.29) is 36.0 Å². The van der Waals surface area contributed by atoms with Gasteiger partial charge in [0.15, 0.2) is 0 Å². The highest BCUT2D eigenvalue weighted by molar-refractivity contribution is 5.92. The van der Waals surface area contributed by atoms with Crippen LogP contribution in [0.25, 0.3) is 0 Å². The van der Waals surface area contributed by atoms with E-state index >= 15 is 0 Å². The fourth-order valence-corrected chi connectivity index (χ4v) is 5.00. The average Bonchev–Trinajstić information content (AvgIpc) is 2.93. The molecule has 5 nitrogen and oxygen atoms in total. The number of benzene rings is 3. The number of nitrogens with one attached hydrogen (secondary N) is 2. The number of rotatable bonds is 10.